The van der Waals surface area contributed by atoms with Crippen molar-refractivity contribution >= 4 is 17.3 Å². The third kappa shape index (κ3) is 2.35. The van der Waals surface area contributed by atoms with E-state index >= 15 is 0 Å². The van der Waals surface area contributed by atoms with E-state index in [1.165, 1.54) is 18.4 Å². The number of benzene rings is 1. The average molecular weight is 285 g/mol. The van der Waals surface area contributed by atoms with Crippen LogP contribution in [0.2, 0.25) is 0 Å². The molecule has 3 rings (SSSR count). The first-order valence-electron chi connectivity index (χ1n) is 5.96. The molecule has 0 amide bonds. The lowest BCUT2D eigenvalue weighted by molar-refractivity contribution is 0.0601. The number of furan rings is 1. The third-order valence-corrected chi connectivity index (χ3v) is 3.70. The molecule has 0 N–H and O–H groups in total. The molecule has 3 aromatic rings. The van der Waals surface area contributed by atoms with Crippen molar-refractivity contribution in [1.82, 2.24) is 4.98 Å². The van der Waals surface area contributed by atoms with E-state index in [0.717, 1.165) is 22.0 Å². The van der Waals surface area contributed by atoms with Crippen LogP contribution in [0.15, 0.2) is 52.5 Å². The maximum absolute atomic E-state index is 11.5. The van der Waals surface area contributed by atoms with Crippen LogP contribution >= 0.6 is 11.3 Å². The summed E-state index contributed by atoms with van der Waals surface area (Å²) in [5.41, 5.74) is 2.19. The van der Waals surface area contributed by atoms with Crippen LogP contribution < -0.4 is 0 Å². The predicted molar refractivity (Wildman–Crippen MR) is 76.6 cm³/mol. The summed E-state index contributed by atoms with van der Waals surface area (Å²) in [6.45, 7) is 0. The minimum absolute atomic E-state index is 0.352. The number of nitrogens with zero attached hydrogens (tertiary/aromatic N) is 1. The van der Waals surface area contributed by atoms with Gasteiger partial charge in [0.2, 0.25) is 0 Å². The molecule has 0 fully saturated rings. The number of rotatable bonds is 3. The van der Waals surface area contributed by atoms with Crippen molar-refractivity contribution < 1.29 is 13.9 Å². The Balaban J connectivity index is 1.95. The number of hydrogen-bond donors (Lipinski definition) is 0. The van der Waals surface area contributed by atoms with Crippen molar-refractivity contribution in [1.29, 1.82) is 0 Å². The number of thiazole rings is 1. The van der Waals surface area contributed by atoms with E-state index in [1.807, 2.05) is 29.6 Å². The lowest BCUT2D eigenvalue weighted by Gasteiger charge is -2.01. The van der Waals surface area contributed by atoms with Gasteiger partial charge in [0.15, 0.2) is 5.76 Å². The summed E-state index contributed by atoms with van der Waals surface area (Å²) in [4.78, 5) is 16.1. The summed E-state index contributed by atoms with van der Waals surface area (Å²) in [5, 5.41) is 2.76. The predicted octanol–water partition coefficient (Wildman–Crippen LogP) is 3.86. The Morgan fingerprint density at radius 1 is 1.30 bits per heavy atom. The molecule has 0 bridgehead atoms. The van der Waals surface area contributed by atoms with E-state index in [9.17, 15) is 4.79 Å². The number of esters is 1. The average Bonchev–Trinajstić information content (AvgIpc) is 3.17. The Hall–Kier alpha value is -2.40. The summed E-state index contributed by atoms with van der Waals surface area (Å²) in [7, 11) is 1.37. The second-order valence-corrected chi connectivity index (χ2v) is 4.95. The Morgan fingerprint density at radius 2 is 2.20 bits per heavy atom. The first-order valence-corrected chi connectivity index (χ1v) is 6.84. The van der Waals surface area contributed by atoms with Gasteiger partial charge in [-0.05, 0) is 24.3 Å². The Bertz CT molecular complexity index is 731. The largest absolute Gasteiger partial charge is 0.465 e. The quantitative estimate of drug-likeness (QED) is 0.686. The van der Waals surface area contributed by atoms with E-state index < -0.39 is 0 Å². The molecule has 4 nitrogen and oxygen atoms in total. The zero-order valence-corrected chi connectivity index (χ0v) is 11.5. The second-order valence-electron chi connectivity index (χ2n) is 4.09. The van der Waals surface area contributed by atoms with E-state index in [-0.39, 0.29) is 5.97 Å². The number of hydrogen-bond acceptors (Lipinski definition) is 5. The summed E-state index contributed by atoms with van der Waals surface area (Å²) in [6, 6.07) is 10.9. The standard InChI is InChI=1S/C15H11NO3S/c1-18-15(17)11-5-2-4-10(8-11)14-16-12(9-20-14)13-6-3-7-19-13/h2-9H,1H3. The second kappa shape index (κ2) is 5.30. The maximum atomic E-state index is 11.5. The van der Waals surface area contributed by atoms with Gasteiger partial charge in [-0.3, -0.25) is 0 Å². The highest BCUT2D eigenvalue weighted by molar-refractivity contribution is 7.13. The number of carbonyl (C=O) groups excluding carboxylic acids is 1. The molecule has 1 aromatic carbocycles. The molecule has 0 radical (unpaired) electrons. The molecule has 5 heteroatoms. The van der Waals surface area contributed by atoms with Crippen LogP contribution in [0.5, 0.6) is 0 Å². The number of aromatic nitrogens is 1. The van der Waals surface area contributed by atoms with Gasteiger partial charge < -0.3 is 9.15 Å². The minimum Gasteiger partial charge on any atom is -0.465 e. The summed E-state index contributed by atoms with van der Waals surface area (Å²) in [5.74, 6) is 0.381. The fraction of sp³-hybridized carbons (Fsp3) is 0.0667. The van der Waals surface area contributed by atoms with Crippen LogP contribution in [-0.2, 0) is 4.74 Å². The van der Waals surface area contributed by atoms with Gasteiger partial charge in [-0.15, -0.1) is 11.3 Å². The zero-order valence-electron chi connectivity index (χ0n) is 10.7. The highest BCUT2D eigenvalue weighted by Gasteiger charge is 2.11. The fourth-order valence-electron chi connectivity index (χ4n) is 1.84. The molecule has 0 aliphatic rings. The lowest BCUT2D eigenvalue weighted by Crippen LogP contribution is -2.00. The van der Waals surface area contributed by atoms with E-state index in [4.69, 9.17) is 9.15 Å². The fourth-order valence-corrected chi connectivity index (χ4v) is 2.65. The zero-order chi connectivity index (χ0) is 13.9. The molecule has 20 heavy (non-hydrogen) atoms. The molecule has 0 aliphatic heterocycles. The Labute approximate surface area is 119 Å². The first kappa shape index (κ1) is 12.6. The van der Waals surface area contributed by atoms with Crippen LogP contribution in [-0.4, -0.2) is 18.1 Å². The molecule has 0 aliphatic carbocycles. The highest BCUT2D eigenvalue weighted by atomic mass is 32.1. The highest BCUT2D eigenvalue weighted by Crippen LogP contribution is 2.29. The SMILES string of the molecule is COC(=O)c1cccc(-c2nc(-c3ccco3)cs2)c1. The van der Waals surface area contributed by atoms with E-state index in [0.29, 0.717) is 5.56 Å². The Kier molecular flexibility index (Phi) is 3.35. The van der Waals surface area contributed by atoms with Crippen LogP contribution in [0.25, 0.3) is 22.0 Å². The molecule has 2 heterocycles. The third-order valence-electron chi connectivity index (χ3n) is 2.81. The van der Waals surface area contributed by atoms with Crippen molar-refractivity contribution in [3.63, 3.8) is 0 Å². The minimum atomic E-state index is -0.352. The van der Waals surface area contributed by atoms with Crippen molar-refractivity contribution in [2.24, 2.45) is 0 Å². The molecule has 2 aromatic heterocycles. The normalized spacial score (nSPS) is 10.4. The van der Waals surface area contributed by atoms with Gasteiger partial charge in [0.1, 0.15) is 10.7 Å². The monoisotopic (exact) mass is 285 g/mol. The van der Waals surface area contributed by atoms with Gasteiger partial charge in [-0.2, -0.15) is 0 Å². The molecule has 0 spiro atoms. The van der Waals surface area contributed by atoms with Crippen LogP contribution in [0.1, 0.15) is 10.4 Å². The molecule has 100 valence electrons. The Morgan fingerprint density at radius 3 is 2.95 bits per heavy atom. The van der Waals surface area contributed by atoms with Gasteiger partial charge in [-0.1, -0.05) is 12.1 Å². The molecular weight excluding hydrogens is 274 g/mol. The number of carbonyl (C=O) groups is 1. The van der Waals surface area contributed by atoms with Crippen molar-refractivity contribution in [3.05, 3.63) is 53.6 Å². The summed E-state index contributed by atoms with van der Waals surface area (Å²) < 4.78 is 10.0. The van der Waals surface area contributed by atoms with Crippen LogP contribution in [0.4, 0.5) is 0 Å². The van der Waals surface area contributed by atoms with E-state index in [2.05, 4.69) is 4.98 Å². The van der Waals surface area contributed by atoms with Crippen molar-refractivity contribution in [2.75, 3.05) is 7.11 Å². The summed E-state index contributed by atoms with van der Waals surface area (Å²) in [6.07, 6.45) is 1.62. The molecule has 0 unspecified atom stereocenters. The number of methoxy groups -OCH3 is 1. The van der Waals surface area contributed by atoms with Gasteiger partial charge in [-0.25, -0.2) is 9.78 Å². The number of ether oxygens (including phenoxy) is 1. The summed E-state index contributed by atoms with van der Waals surface area (Å²) >= 11 is 1.51. The van der Waals surface area contributed by atoms with E-state index in [1.54, 1.807) is 18.4 Å². The smallest absolute Gasteiger partial charge is 0.337 e. The van der Waals surface area contributed by atoms with Gasteiger partial charge in [0.25, 0.3) is 0 Å². The molecule has 0 atom stereocenters. The molecular formula is C15H11NO3S. The van der Waals surface area contributed by atoms with Gasteiger partial charge in [0, 0.05) is 10.9 Å². The van der Waals surface area contributed by atoms with Crippen LogP contribution in [0, 0.1) is 0 Å². The molecule has 0 saturated heterocycles. The van der Waals surface area contributed by atoms with Gasteiger partial charge >= 0.3 is 5.97 Å². The maximum Gasteiger partial charge on any atom is 0.337 e. The van der Waals surface area contributed by atoms with Gasteiger partial charge in [0.05, 0.1) is 18.9 Å². The topological polar surface area (TPSA) is 52.3 Å². The lowest BCUT2D eigenvalue weighted by atomic mass is 10.1. The first-order chi connectivity index (χ1) is 9.78. The van der Waals surface area contributed by atoms with Crippen molar-refractivity contribution in [3.8, 4) is 22.0 Å². The van der Waals surface area contributed by atoms with Crippen LogP contribution in [0.3, 0.4) is 0 Å². The molecule has 0 saturated carbocycles. The van der Waals surface area contributed by atoms with Crippen molar-refractivity contribution in [2.45, 2.75) is 0 Å².